The molecule has 0 atom stereocenters. The number of aromatic nitrogens is 4. The van der Waals surface area contributed by atoms with Gasteiger partial charge in [-0.25, -0.2) is 9.36 Å². The van der Waals surface area contributed by atoms with Crippen molar-refractivity contribution in [3.63, 3.8) is 0 Å². The molecule has 0 saturated carbocycles. The minimum absolute atomic E-state index is 0.148. The molecule has 5 aromatic rings. The van der Waals surface area contributed by atoms with Gasteiger partial charge in [0.15, 0.2) is 6.17 Å². The topological polar surface area (TPSA) is 35.6 Å². The predicted octanol–water partition coefficient (Wildman–Crippen LogP) is 5.10. The van der Waals surface area contributed by atoms with Gasteiger partial charge in [0.05, 0.1) is 23.4 Å². The average Bonchev–Trinajstić information content (AvgIpc) is 3.31. The van der Waals surface area contributed by atoms with Crippen molar-refractivity contribution in [2.75, 3.05) is 0 Å². The summed E-state index contributed by atoms with van der Waals surface area (Å²) < 4.78 is 4.16. The van der Waals surface area contributed by atoms with E-state index in [4.69, 9.17) is 10.2 Å². The second kappa shape index (κ2) is 6.09. The van der Waals surface area contributed by atoms with Crippen LogP contribution in [-0.2, 0) is 0 Å². The Labute approximate surface area is 157 Å². The van der Waals surface area contributed by atoms with Gasteiger partial charge < -0.3 is 0 Å². The number of para-hydroxylation sites is 2. The molecule has 2 heterocycles. The first-order chi connectivity index (χ1) is 13.2. The third-order valence-electron chi connectivity index (χ3n) is 5.40. The molecule has 27 heavy (non-hydrogen) atoms. The molecule has 0 spiro atoms. The minimum Gasteiger partial charge on any atom is -0.236 e. The lowest BCUT2D eigenvalue weighted by atomic mass is 10.0. The summed E-state index contributed by atoms with van der Waals surface area (Å²) in [7, 11) is 0. The van der Waals surface area contributed by atoms with Crippen LogP contribution in [0.15, 0.2) is 79.1 Å². The summed E-state index contributed by atoms with van der Waals surface area (Å²) in [4.78, 5) is 0. The zero-order chi connectivity index (χ0) is 18.4. The van der Waals surface area contributed by atoms with Gasteiger partial charge in [-0.2, -0.15) is 10.2 Å². The summed E-state index contributed by atoms with van der Waals surface area (Å²) in [6.07, 6.45) is 3.71. The van der Waals surface area contributed by atoms with Crippen LogP contribution in [0, 0.1) is 13.8 Å². The lowest BCUT2D eigenvalue weighted by Crippen LogP contribution is -2.22. The smallest absolute Gasteiger partial charge is 0.170 e. The second-order valence-corrected chi connectivity index (χ2v) is 6.96. The molecule has 0 radical (unpaired) electrons. The molecule has 0 aliphatic rings. The molecule has 5 rings (SSSR count). The van der Waals surface area contributed by atoms with Crippen LogP contribution in [0.4, 0.5) is 0 Å². The highest BCUT2D eigenvalue weighted by molar-refractivity contribution is 5.80. The highest BCUT2D eigenvalue weighted by atomic mass is 15.4. The lowest BCUT2D eigenvalue weighted by molar-refractivity contribution is 0.440. The first kappa shape index (κ1) is 15.8. The number of fused-ring (bicyclic) bond motifs is 2. The van der Waals surface area contributed by atoms with Crippen LogP contribution in [0.3, 0.4) is 0 Å². The molecular weight excluding hydrogens is 332 g/mol. The summed E-state index contributed by atoms with van der Waals surface area (Å²) >= 11 is 0. The molecule has 0 amide bonds. The number of benzene rings is 3. The fourth-order valence-corrected chi connectivity index (χ4v) is 3.79. The monoisotopic (exact) mass is 352 g/mol. The van der Waals surface area contributed by atoms with Crippen molar-refractivity contribution in [3.8, 4) is 0 Å². The fraction of sp³-hybridized carbons (Fsp3) is 0.130. The molecule has 2 aromatic heterocycles. The van der Waals surface area contributed by atoms with Crippen molar-refractivity contribution in [2.24, 2.45) is 0 Å². The maximum atomic E-state index is 4.76. The molecule has 0 aliphatic carbocycles. The predicted molar refractivity (Wildman–Crippen MR) is 109 cm³/mol. The Morgan fingerprint density at radius 2 is 1.22 bits per heavy atom. The van der Waals surface area contributed by atoms with E-state index >= 15 is 0 Å². The summed E-state index contributed by atoms with van der Waals surface area (Å²) in [6, 6.07) is 23.1. The van der Waals surface area contributed by atoms with Crippen LogP contribution in [-0.4, -0.2) is 19.6 Å². The average molecular weight is 352 g/mol. The standard InChI is InChI=1S/C23H20N4/c1-16-8-7-11-20(17(16)2)23(26-21-12-5-3-9-18(21)14-24-26)27-22-13-6-4-10-19(22)15-25-27/h3-15,23H,1-2H3. The van der Waals surface area contributed by atoms with Crippen LogP contribution in [0.5, 0.6) is 0 Å². The van der Waals surface area contributed by atoms with E-state index in [-0.39, 0.29) is 6.17 Å². The number of rotatable bonds is 3. The molecule has 0 bridgehead atoms. The summed E-state index contributed by atoms with van der Waals surface area (Å²) in [6.45, 7) is 4.33. The molecule has 4 nitrogen and oxygen atoms in total. The second-order valence-electron chi connectivity index (χ2n) is 6.96. The van der Waals surface area contributed by atoms with E-state index in [9.17, 15) is 0 Å². The van der Waals surface area contributed by atoms with E-state index in [1.165, 1.54) is 16.7 Å². The maximum absolute atomic E-state index is 4.76. The molecule has 132 valence electrons. The Balaban J connectivity index is 1.84. The van der Waals surface area contributed by atoms with E-state index in [2.05, 4.69) is 77.8 Å². The third-order valence-corrected chi connectivity index (χ3v) is 5.40. The van der Waals surface area contributed by atoms with Gasteiger partial charge in [0.25, 0.3) is 0 Å². The van der Waals surface area contributed by atoms with Crippen molar-refractivity contribution < 1.29 is 0 Å². The van der Waals surface area contributed by atoms with Gasteiger partial charge in [-0.05, 0) is 37.1 Å². The Kier molecular flexibility index (Phi) is 3.57. The van der Waals surface area contributed by atoms with Crippen LogP contribution in [0.2, 0.25) is 0 Å². The molecule has 0 unspecified atom stereocenters. The molecular formula is C23H20N4. The molecule has 0 N–H and O–H groups in total. The first-order valence-corrected chi connectivity index (χ1v) is 9.14. The van der Waals surface area contributed by atoms with E-state index in [1.807, 2.05) is 24.5 Å². The SMILES string of the molecule is Cc1cccc(C(n2ncc3ccccc32)n2ncc3ccccc32)c1C. The maximum Gasteiger partial charge on any atom is 0.170 e. The Hall–Kier alpha value is -3.40. The highest BCUT2D eigenvalue weighted by Gasteiger charge is 2.23. The normalized spacial score (nSPS) is 11.7. The number of aryl methyl sites for hydroxylation is 1. The van der Waals surface area contributed by atoms with Gasteiger partial charge in [0.2, 0.25) is 0 Å². The van der Waals surface area contributed by atoms with E-state index in [0.717, 1.165) is 21.8 Å². The quantitative estimate of drug-likeness (QED) is 0.453. The molecule has 0 fully saturated rings. The van der Waals surface area contributed by atoms with Gasteiger partial charge in [-0.1, -0.05) is 54.6 Å². The van der Waals surface area contributed by atoms with Crippen LogP contribution in [0.25, 0.3) is 21.8 Å². The highest BCUT2D eigenvalue weighted by Crippen LogP contribution is 2.30. The fourth-order valence-electron chi connectivity index (χ4n) is 3.79. The van der Waals surface area contributed by atoms with Gasteiger partial charge in [0.1, 0.15) is 0 Å². The summed E-state index contributed by atoms with van der Waals surface area (Å²) in [5.41, 5.74) is 5.94. The summed E-state index contributed by atoms with van der Waals surface area (Å²) in [5.74, 6) is 0. The molecule has 3 aromatic carbocycles. The summed E-state index contributed by atoms with van der Waals surface area (Å²) in [5, 5.41) is 11.8. The Bertz CT molecular complexity index is 1190. The Morgan fingerprint density at radius 3 is 1.81 bits per heavy atom. The Morgan fingerprint density at radius 1 is 0.667 bits per heavy atom. The van der Waals surface area contributed by atoms with Crippen molar-refractivity contribution in [3.05, 3.63) is 95.8 Å². The van der Waals surface area contributed by atoms with Crippen LogP contribution in [0.1, 0.15) is 22.9 Å². The largest absolute Gasteiger partial charge is 0.236 e. The lowest BCUT2D eigenvalue weighted by Gasteiger charge is -2.23. The van der Waals surface area contributed by atoms with E-state index in [1.54, 1.807) is 0 Å². The zero-order valence-corrected chi connectivity index (χ0v) is 15.4. The van der Waals surface area contributed by atoms with Crippen molar-refractivity contribution in [1.29, 1.82) is 0 Å². The van der Waals surface area contributed by atoms with Gasteiger partial charge >= 0.3 is 0 Å². The van der Waals surface area contributed by atoms with E-state index < -0.39 is 0 Å². The van der Waals surface area contributed by atoms with Crippen molar-refractivity contribution >= 4 is 21.8 Å². The van der Waals surface area contributed by atoms with Crippen molar-refractivity contribution in [2.45, 2.75) is 20.0 Å². The number of nitrogens with zero attached hydrogens (tertiary/aromatic N) is 4. The van der Waals surface area contributed by atoms with Gasteiger partial charge in [-0.3, -0.25) is 0 Å². The zero-order valence-electron chi connectivity index (χ0n) is 15.4. The van der Waals surface area contributed by atoms with Crippen molar-refractivity contribution in [1.82, 2.24) is 19.6 Å². The first-order valence-electron chi connectivity index (χ1n) is 9.14. The van der Waals surface area contributed by atoms with E-state index in [0.29, 0.717) is 0 Å². The molecule has 0 aliphatic heterocycles. The van der Waals surface area contributed by atoms with Gasteiger partial charge in [-0.15, -0.1) is 0 Å². The van der Waals surface area contributed by atoms with Gasteiger partial charge in [0, 0.05) is 16.3 Å². The number of hydrogen-bond acceptors (Lipinski definition) is 2. The third kappa shape index (κ3) is 2.45. The number of hydrogen-bond donors (Lipinski definition) is 0. The van der Waals surface area contributed by atoms with Crippen LogP contribution < -0.4 is 0 Å². The molecule has 0 saturated heterocycles. The van der Waals surface area contributed by atoms with Crippen LogP contribution >= 0.6 is 0 Å². The molecule has 4 heteroatoms. The minimum atomic E-state index is -0.148.